The molecule has 12 nitrogen and oxygen atoms in total. The average molecular weight is 920 g/mol. The van der Waals surface area contributed by atoms with Crippen LogP contribution in [0.1, 0.15) is 105 Å². The minimum absolute atomic E-state index is 0.0835. The highest BCUT2D eigenvalue weighted by molar-refractivity contribution is 6.74. The molecule has 5 rings (SSSR count). The van der Waals surface area contributed by atoms with Gasteiger partial charge in [-0.05, 0) is 112 Å². The number of nitrogens with one attached hydrogen (secondary N) is 2. The molecule has 2 N–H and O–H groups in total. The van der Waals surface area contributed by atoms with Crippen LogP contribution in [0.25, 0.3) is 0 Å². The van der Waals surface area contributed by atoms with E-state index >= 15 is 13.6 Å². The van der Waals surface area contributed by atoms with Crippen LogP contribution in [0.3, 0.4) is 0 Å². The molecule has 4 amide bonds. The van der Waals surface area contributed by atoms with Gasteiger partial charge in [-0.3, -0.25) is 24.3 Å². The van der Waals surface area contributed by atoms with E-state index in [1.807, 2.05) is 62.4 Å². The van der Waals surface area contributed by atoms with Crippen molar-refractivity contribution in [2.24, 2.45) is 5.92 Å². The van der Waals surface area contributed by atoms with Crippen LogP contribution in [0, 0.1) is 17.6 Å². The Hall–Kier alpha value is -4.73. The summed E-state index contributed by atoms with van der Waals surface area (Å²) in [5, 5.41) is 5.91. The molecule has 2 aliphatic rings. The molecule has 7 atom stereocenters. The lowest BCUT2D eigenvalue weighted by atomic mass is 9.81. The zero-order chi connectivity index (χ0) is 47.9. The number of carbonyl (C=O) groups is 4. The number of hydrogen-bond donors (Lipinski definition) is 2. The molecule has 2 unspecified atom stereocenters. The number of amides is 4. The molecule has 2 fully saturated rings. The number of rotatable bonds is 18. The standard InChI is InChI=1S/C50H71F2N5O7Si/c1-12-33(2)50(55-34(3)58)23-25-56(46(50)60)42(22-21-35-18-14-13-15-19-35)45(59)54-41(28-36-26-37(51)29-38(52)27-36)44(64-65(10,11)49(7,8)9)43-30-40(62-32-39-20-16-17-24-53-39)31-57(43)47(61)63-48(4,5)6/h13-20,24,26-27,29,33,40-44H,12,21-23,25,28,30-32H2,1-11H3,(H,54,59)(H,55,58)/t33-,40?,41+,42+,43?,44+,50+/m1/s1. The topological polar surface area (TPSA) is 139 Å². The van der Waals surface area contributed by atoms with Crippen molar-refractivity contribution in [1.82, 2.24) is 25.4 Å². The fourth-order valence-electron chi connectivity index (χ4n) is 8.73. The van der Waals surface area contributed by atoms with E-state index in [0.717, 1.165) is 11.6 Å². The number of likely N-dealkylation sites (tertiary alicyclic amines) is 2. The van der Waals surface area contributed by atoms with Crippen LogP contribution in [0.2, 0.25) is 18.1 Å². The van der Waals surface area contributed by atoms with Crippen molar-refractivity contribution in [3.8, 4) is 0 Å². The molecule has 0 spiro atoms. The fourth-order valence-corrected chi connectivity index (χ4v) is 10.1. The van der Waals surface area contributed by atoms with E-state index in [1.54, 1.807) is 36.8 Å². The number of aromatic nitrogens is 1. The molecule has 2 aliphatic heterocycles. The van der Waals surface area contributed by atoms with Crippen LogP contribution in [0.15, 0.2) is 72.9 Å². The predicted molar refractivity (Wildman–Crippen MR) is 249 cm³/mol. The van der Waals surface area contributed by atoms with Gasteiger partial charge in [-0.2, -0.15) is 0 Å². The largest absolute Gasteiger partial charge is 0.444 e. The molecule has 15 heteroatoms. The highest BCUT2D eigenvalue weighted by Crippen LogP contribution is 2.41. The number of ether oxygens (including phenoxy) is 2. The van der Waals surface area contributed by atoms with Crippen LogP contribution in [0.5, 0.6) is 0 Å². The van der Waals surface area contributed by atoms with E-state index in [-0.39, 0.29) is 67.3 Å². The van der Waals surface area contributed by atoms with Gasteiger partial charge >= 0.3 is 6.09 Å². The third-order valence-corrected chi connectivity index (χ3v) is 17.8. The molecule has 2 saturated heterocycles. The van der Waals surface area contributed by atoms with E-state index in [1.165, 1.54) is 19.1 Å². The normalized spacial score (nSPS) is 21.2. The first-order chi connectivity index (χ1) is 30.4. The van der Waals surface area contributed by atoms with Gasteiger partial charge in [0.25, 0.3) is 0 Å². The summed E-state index contributed by atoms with van der Waals surface area (Å²) in [4.78, 5) is 64.8. The summed E-state index contributed by atoms with van der Waals surface area (Å²) in [7, 11) is -2.80. The van der Waals surface area contributed by atoms with Gasteiger partial charge in [0.05, 0.1) is 43.1 Å². The van der Waals surface area contributed by atoms with Crippen molar-refractivity contribution in [2.75, 3.05) is 13.1 Å². The van der Waals surface area contributed by atoms with E-state index in [2.05, 4.69) is 49.5 Å². The van der Waals surface area contributed by atoms with Crippen molar-refractivity contribution in [2.45, 2.75) is 167 Å². The maximum absolute atomic E-state index is 15.4. The monoisotopic (exact) mass is 920 g/mol. The first-order valence-corrected chi connectivity index (χ1v) is 25.9. The van der Waals surface area contributed by atoms with Crippen molar-refractivity contribution >= 4 is 32.1 Å². The molecule has 0 aliphatic carbocycles. The summed E-state index contributed by atoms with van der Waals surface area (Å²) >= 11 is 0. The Morgan fingerprint density at radius 2 is 1.63 bits per heavy atom. The molecule has 3 aromatic rings. The Morgan fingerprint density at radius 3 is 2.22 bits per heavy atom. The van der Waals surface area contributed by atoms with Crippen molar-refractivity contribution in [1.29, 1.82) is 0 Å². The van der Waals surface area contributed by atoms with Crippen LogP contribution in [0.4, 0.5) is 13.6 Å². The van der Waals surface area contributed by atoms with Gasteiger partial charge in [-0.25, -0.2) is 13.6 Å². The highest BCUT2D eigenvalue weighted by Gasteiger charge is 2.54. The zero-order valence-electron chi connectivity index (χ0n) is 40.2. The van der Waals surface area contributed by atoms with Crippen LogP contribution < -0.4 is 10.6 Å². The zero-order valence-corrected chi connectivity index (χ0v) is 41.2. The van der Waals surface area contributed by atoms with Gasteiger partial charge in [-0.1, -0.05) is 77.4 Å². The van der Waals surface area contributed by atoms with Gasteiger partial charge in [0, 0.05) is 25.7 Å². The third-order valence-electron chi connectivity index (χ3n) is 13.3. The molecule has 0 radical (unpaired) electrons. The number of hydrogen-bond acceptors (Lipinski definition) is 8. The molecule has 0 bridgehead atoms. The molecule has 65 heavy (non-hydrogen) atoms. The predicted octanol–water partition coefficient (Wildman–Crippen LogP) is 8.53. The second kappa shape index (κ2) is 21.3. The van der Waals surface area contributed by atoms with Gasteiger partial charge in [0.2, 0.25) is 17.7 Å². The summed E-state index contributed by atoms with van der Waals surface area (Å²) in [6, 6.07) is 15.7. The van der Waals surface area contributed by atoms with Crippen LogP contribution in [-0.2, 0) is 47.7 Å². The van der Waals surface area contributed by atoms with Crippen molar-refractivity contribution < 1.29 is 41.9 Å². The SMILES string of the molecule is CC[C@@H](C)[C@@]1(NC(C)=O)CCN([C@@H](CCc2ccccc2)C(=O)N[C@@H](Cc2cc(F)cc(F)c2)[C@H](O[Si](C)(C)C(C)(C)C)C2CC(OCc3ccccn3)CN2C(=O)OC(C)(C)C)C1=O. The molecule has 356 valence electrons. The number of nitrogens with zero attached hydrogens (tertiary/aromatic N) is 3. The quantitative estimate of drug-likeness (QED) is 0.121. The van der Waals surface area contributed by atoms with Gasteiger partial charge in [0.1, 0.15) is 28.8 Å². The van der Waals surface area contributed by atoms with Gasteiger partial charge in [0.15, 0.2) is 8.32 Å². The number of aryl methyl sites for hydroxylation is 1. The van der Waals surface area contributed by atoms with Crippen molar-refractivity contribution in [3.63, 3.8) is 0 Å². The Morgan fingerprint density at radius 1 is 0.969 bits per heavy atom. The van der Waals surface area contributed by atoms with Crippen LogP contribution >= 0.6 is 0 Å². The lowest BCUT2D eigenvalue weighted by Gasteiger charge is -2.45. The summed E-state index contributed by atoms with van der Waals surface area (Å²) in [6.45, 7) is 21.6. The van der Waals surface area contributed by atoms with E-state index in [4.69, 9.17) is 13.9 Å². The molecular formula is C50H71F2N5O7Si. The minimum Gasteiger partial charge on any atom is -0.444 e. The van der Waals surface area contributed by atoms with Crippen molar-refractivity contribution in [3.05, 3.63) is 101 Å². The Balaban J connectivity index is 1.63. The Kier molecular flexibility index (Phi) is 16.8. The number of halogens is 2. The van der Waals surface area contributed by atoms with E-state index in [0.29, 0.717) is 25.0 Å². The maximum Gasteiger partial charge on any atom is 0.410 e. The van der Waals surface area contributed by atoms with Gasteiger partial charge in [-0.15, -0.1) is 0 Å². The lowest BCUT2D eigenvalue weighted by Crippen LogP contribution is -2.63. The number of benzene rings is 2. The summed E-state index contributed by atoms with van der Waals surface area (Å²) in [5.74, 6) is -2.97. The summed E-state index contributed by atoms with van der Waals surface area (Å²) in [6.07, 6.45) is 1.45. The van der Waals surface area contributed by atoms with E-state index in [9.17, 15) is 14.4 Å². The molecule has 0 saturated carbocycles. The number of pyridine rings is 1. The smallest absolute Gasteiger partial charge is 0.410 e. The fraction of sp³-hybridized carbons (Fsp3) is 0.580. The van der Waals surface area contributed by atoms with Crippen LogP contribution in [-0.4, -0.2) is 101 Å². The summed E-state index contributed by atoms with van der Waals surface area (Å²) < 4.78 is 49.9. The lowest BCUT2D eigenvalue weighted by molar-refractivity contribution is -0.144. The first kappa shape index (κ1) is 51.3. The second-order valence-corrected chi connectivity index (χ2v) is 25.1. The minimum atomic E-state index is -2.80. The Labute approximate surface area is 385 Å². The van der Waals surface area contributed by atoms with E-state index < -0.39 is 73.4 Å². The number of carbonyl (C=O) groups excluding carboxylic acids is 4. The Bertz CT molecular complexity index is 2080. The molecule has 2 aromatic carbocycles. The summed E-state index contributed by atoms with van der Waals surface area (Å²) in [5.41, 5.74) is -0.122. The molecule has 1 aromatic heterocycles. The third kappa shape index (κ3) is 13.2. The highest BCUT2D eigenvalue weighted by atomic mass is 28.4. The first-order valence-electron chi connectivity index (χ1n) is 23.0. The maximum atomic E-state index is 15.4. The second-order valence-electron chi connectivity index (χ2n) is 20.4. The average Bonchev–Trinajstić information content (AvgIpc) is 3.79. The molecule has 3 heterocycles. The molecular weight excluding hydrogens is 849 g/mol. The van der Waals surface area contributed by atoms with Gasteiger partial charge < -0.3 is 29.4 Å².